The first-order valence-corrected chi connectivity index (χ1v) is 14.4. The van der Waals surface area contributed by atoms with Crippen molar-refractivity contribution in [3.05, 3.63) is 71.8 Å². The van der Waals surface area contributed by atoms with Crippen LogP contribution in [-0.2, 0) is 27.5 Å². The maximum Gasteiger partial charge on any atom is 0.408 e. The van der Waals surface area contributed by atoms with Crippen molar-refractivity contribution >= 4 is 18.1 Å². The highest BCUT2D eigenvalue weighted by molar-refractivity contribution is 5.85. The molecule has 1 aliphatic rings. The van der Waals surface area contributed by atoms with Gasteiger partial charge in [-0.15, -0.1) is 0 Å². The molecule has 0 aromatic heterocycles. The average Bonchev–Trinajstić information content (AvgIpc) is 2.99. The predicted octanol–water partition coefficient (Wildman–Crippen LogP) is 1.99. The highest BCUT2D eigenvalue weighted by atomic mass is 16.6. The smallest absolute Gasteiger partial charge is 0.408 e. The lowest BCUT2D eigenvalue weighted by Crippen LogP contribution is -2.52. The number of unbranched alkanes of at least 4 members (excludes halogenated alkanes) is 1. The number of ether oxygens (including phenoxy) is 2. The number of nitrogens with zero attached hydrogens (tertiary/aromatic N) is 1. The summed E-state index contributed by atoms with van der Waals surface area (Å²) in [6.07, 6.45) is 0.539. The van der Waals surface area contributed by atoms with Gasteiger partial charge in [0.2, 0.25) is 5.91 Å². The normalized spacial score (nSPS) is 15.5. The molecule has 1 fully saturated rings. The molecule has 5 N–H and O–H groups in total. The van der Waals surface area contributed by atoms with Gasteiger partial charge in [0, 0.05) is 58.9 Å². The Bertz CT molecular complexity index is 1010. The van der Waals surface area contributed by atoms with Gasteiger partial charge < -0.3 is 41.0 Å². The van der Waals surface area contributed by atoms with Crippen LogP contribution in [0.2, 0.25) is 0 Å². The number of hydrogen-bond acceptors (Lipinski definition) is 8. The van der Waals surface area contributed by atoms with Crippen molar-refractivity contribution in [1.29, 1.82) is 0 Å². The van der Waals surface area contributed by atoms with Gasteiger partial charge in [-0.3, -0.25) is 4.79 Å². The summed E-state index contributed by atoms with van der Waals surface area (Å²) in [5, 5.41) is 15.6. The molecule has 41 heavy (non-hydrogen) atoms. The van der Waals surface area contributed by atoms with E-state index in [1.165, 1.54) is 0 Å². The molecule has 1 atom stereocenters. The van der Waals surface area contributed by atoms with Crippen LogP contribution in [0.3, 0.4) is 0 Å². The Balaban J connectivity index is 1.49. The number of benzene rings is 2. The minimum atomic E-state index is -0.738. The van der Waals surface area contributed by atoms with Gasteiger partial charge in [0.05, 0.1) is 0 Å². The Labute approximate surface area is 242 Å². The van der Waals surface area contributed by atoms with Gasteiger partial charge in [-0.05, 0) is 30.4 Å². The second-order valence-corrected chi connectivity index (χ2v) is 9.82. The van der Waals surface area contributed by atoms with E-state index in [0.717, 1.165) is 37.3 Å². The second kappa shape index (κ2) is 19.4. The van der Waals surface area contributed by atoms with Gasteiger partial charge in [0.15, 0.2) is 0 Å². The fourth-order valence-corrected chi connectivity index (χ4v) is 4.31. The topological polar surface area (TPSA) is 133 Å². The molecule has 0 saturated carbocycles. The summed E-state index contributed by atoms with van der Waals surface area (Å²) in [6.45, 7) is 6.47. The first kappa shape index (κ1) is 31.9. The lowest BCUT2D eigenvalue weighted by atomic mass is 10.1. The van der Waals surface area contributed by atoms with Gasteiger partial charge in [-0.1, -0.05) is 60.7 Å². The summed E-state index contributed by atoms with van der Waals surface area (Å²) in [5.41, 5.74) is 1.78. The maximum absolute atomic E-state index is 13.6. The Hall–Kier alpha value is -3.67. The Morgan fingerprint density at radius 1 is 0.707 bits per heavy atom. The molecule has 0 spiro atoms. The third-order valence-electron chi connectivity index (χ3n) is 6.59. The van der Waals surface area contributed by atoms with E-state index in [1.54, 1.807) is 4.90 Å². The Kier molecular flexibility index (Phi) is 15.1. The molecule has 2 aromatic carbocycles. The first-order valence-electron chi connectivity index (χ1n) is 14.4. The Morgan fingerprint density at radius 2 is 1.22 bits per heavy atom. The fourth-order valence-electron chi connectivity index (χ4n) is 4.31. The minimum Gasteiger partial charge on any atom is -0.445 e. The summed E-state index contributed by atoms with van der Waals surface area (Å²) in [7, 11) is 0. The van der Waals surface area contributed by atoms with Crippen LogP contribution < -0.4 is 26.6 Å². The monoisotopic (exact) mass is 568 g/mol. The molecule has 0 bridgehead atoms. The molecule has 11 heteroatoms. The van der Waals surface area contributed by atoms with Crippen molar-refractivity contribution in [3.8, 4) is 0 Å². The first-order chi connectivity index (χ1) is 20.1. The van der Waals surface area contributed by atoms with E-state index in [9.17, 15) is 14.4 Å². The average molecular weight is 569 g/mol. The number of carbonyl (C=O) groups excluding carboxylic acids is 3. The van der Waals surface area contributed by atoms with Crippen LogP contribution in [0, 0.1) is 0 Å². The molecule has 1 aliphatic heterocycles. The van der Waals surface area contributed by atoms with Crippen LogP contribution in [0.25, 0.3) is 0 Å². The van der Waals surface area contributed by atoms with Crippen molar-refractivity contribution in [1.82, 2.24) is 31.5 Å². The summed E-state index contributed by atoms with van der Waals surface area (Å²) in [6, 6.07) is 18.1. The molecular weight excluding hydrogens is 524 g/mol. The zero-order valence-corrected chi connectivity index (χ0v) is 23.7. The molecule has 2 aromatic rings. The minimum absolute atomic E-state index is 0.119. The van der Waals surface area contributed by atoms with E-state index in [1.807, 2.05) is 60.7 Å². The lowest BCUT2D eigenvalue weighted by Gasteiger charge is -2.28. The fraction of sp³-hybridized carbons (Fsp3) is 0.500. The predicted molar refractivity (Wildman–Crippen MR) is 157 cm³/mol. The van der Waals surface area contributed by atoms with Crippen molar-refractivity contribution in [2.45, 2.75) is 38.5 Å². The largest absolute Gasteiger partial charge is 0.445 e. The molecule has 11 nitrogen and oxygen atoms in total. The highest BCUT2D eigenvalue weighted by Gasteiger charge is 2.26. The molecule has 3 rings (SSSR count). The van der Waals surface area contributed by atoms with Crippen LogP contribution in [0.1, 0.15) is 30.4 Å². The van der Waals surface area contributed by atoms with E-state index in [4.69, 9.17) is 9.47 Å². The van der Waals surface area contributed by atoms with Crippen LogP contribution in [0.5, 0.6) is 0 Å². The SMILES string of the molecule is O=C(NCCCC[C@H](NC(=O)OCc1ccccc1)C(=O)N1CCNCCNCCNCC1)OCc1ccccc1. The van der Waals surface area contributed by atoms with E-state index in [2.05, 4.69) is 26.6 Å². The number of nitrogens with one attached hydrogen (secondary N) is 5. The molecular formula is C30H44N6O5. The van der Waals surface area contributed by atoms with Crippen LogP contribution in [0.15, 0.2) is 60.7 Å². The summed E-state index contributed by atoms with van der Waals surface area (Å²) in [4.78, 5) is 40.1. The van der Waals surface area contributed by atoms with Crippen LogP contribution in [0.4, 0.5) is 9.59 Å². The summed E-state index contributed by atoms with van der Waals surface area (Å²) >= 11 is 0. The molecule has 0 radical (unpaired) electrons. The van der Waals surface area contributed by atoms with Gasteiger partial charge in [-0.25, -0.2) is 9.59 Å². The zero-order chi connectivity index (χ0) is 29.0. The van der Waals surface area contributed by atoms with Gasteiger partial charge >= 0.3 is 12.2 Å². The second-order valence-electron chi connectivity index (χ2n) is 9.82. The standard InChI is InChI=1S/C30H44N6O5/c37-28(36-21-19-32-17-15-31-16-18-33-20-22-36)27(35-30(39)41-24-26-11-5-2-6-12-26)13-7-8-14-34-29(38)40-23-25-9-3-1-4-10-25/h1-6,9-12,27,31-33H,7-8,13-24H2,(H,34,38)(H,35,39)/t27-/m0/s1. The van der Waals surface area contributed by atoms with Gasteiger partial charge in [-0.2, -0.15) is 0 Å². The Morgan fingerprint density at radius 3 is 1.78 bits per heavy atom. The van der Waals surface area contributed by atoms with Crippen molar-refractivity contribution in [3.63, 3.8) is 0 Å². The van der Waals surface area contributed by atoms with E-state index >= 15 is 0 Å². The number of carbonyl (C=O) groups is 3. The van der Waals surface area contributed by atoms with Gasteiger partial charge in [0.25, 0.3) is 0 Å². The zero-order valence-electron chi connectivity index (χ0n) is 23.7. The lowest BCUT2D eigenvalue weighted by molar-refractivity contribution is -0.133. The summed E-state index contributed by atoms with van der Waals surface area (Å²) < 4.78 is 10.7. The number of rotatable bonds is 11. The van der Waals surface area contributed by atoms with Gasteiger partial charge in [0.1, 0.15) is 19.3 Å². The van der Waals surface area contributed by atoms with E-state index < -0.39 is 18.2 Å². The van der Waals surface area contributed by atoms with E-state index in [0.29, 0.717) is 52.0 Å². The van der Waals surface area contributed by atoms with Crippen molar-refractivity contribution in [2.24, 2.45) is 0 Å². The maximum atomic E-state index is 13.6. The molecule has 0 aliphatic carbocycles. The van der Waals surface area contributed by atoms with Crippen molar-refractivity contribution < 1.29 is 23.9 Å². The van der Waals surface area contributed by atoms with E-state index in [-0.39, 0.29) is 19.1 Å². The van der Waals surface area contributed by atoms with Crippen LogP contribution >= 0.6 is 0 Å². The van der Waals surface area contributed by atoms with Crippen molar-refractivity contribution in [2.75, 3.05) is 58.9 Å². The van der Waals surface area contributed by atoms with Crippen LogP contribution in [-0.4, -0.2) is 87.9 Å². The molecule has 0 unspecified atom stereocenters. The summed E-state index contributed by atoms with van der Waals surface area (Å²) in [5.74, 6) is -0.143. The third-order valence-corrected chi connectivity index (χ3v) is 6.59. The molecule has 3 amide bonds. The quantitative estimate of drug-likeness (QED) is 0.260. The number of hydrogen-bond donors (Lipinski definition) is 5. The third kappa shape index (κ3) is 13.5. The molecule has 1 saturated heterocycles. The number of alkyl carbamates (subject to hydrolysis) is 2. The number of amides is 3. The molecule has 224 valence electrons. The molecule has 1 heterocycles. The highest BCUT2D eigenvalue weighted by Crippen LogP contribution is 2.08.